The predicted molar refractivity (Wildman–Crippen MR) is 120 cm³/mol. The molecular weight excluding hydrogens is 400 g/mol. The predicted octanol–water partition coefficient (Wildman–Crippen LogP) is 4.30. The maximum atomic E-state index is 12.5. The molecule has 0 bridgehead atoms. The molecule has 2 N–H and O–H groups in total. The van der Waals surface area contributed by atoms with Crippen LogP contribution in [-0.4, -0.2) is 30.2 Å². The van der Waals surface area contributed by atoms with Crippen LogP contribution in [0.1, 0.15) is 26.3 Å². The Balaban J connectivity index is 1.75. The van der Waals surface area contributed by atoms with Crippen molar-refractivity contribution in [1.82, 2.24) is 9.97 Å². The zero-order chi connectivity index (χ0) is 21.8. The second-order valence-electron chi connectivity index (χ2n) is 7.75. The van der Waals surface area contributed by atoms with E-state index < -0.39 is 14.8 Å². The van der Waals surface area contributed by atoms with Gasteiger partial charge in [0.1, 0.15) is 11.4 Å². The summed E-state index contributed by atoms with van der Waals surface area (Å²) in [5.74, 6) is 1.03. The summed E-state index contributed by atoms with van der Waals surface area (Å²) in [4.78, 5) is 8.53. The number of ether oxygens (including phenoxy) is 1. The number of nitrogens with one attached hydrogen (secondary N) is 2. The van der Waals surface area contributed by atoms with Crippen molar-refractivity contribution in [3.05, 3.63) is 66.5 Å². The first kappa shape index (κ1) is 21.6. The van der Waals surface area contributed by atoms with Crippen molar-refractivity contribution >= 4 is 21.5 Å². The first-order valence-electron chi connectivity index (χ1n) is 9.50. The minimum atomic E-state index is -3.61. The van der Waals surface area contributed by atoms with Crippen LogP contribution >= 0.6 is 0 Å². The highest BCUT2D eigenvalue weighted by molar-refractivity contribution is 7.94. The van der Waals surface area contributed by atoms with Gasteiger partial charge in [-0.05, 0) is 50.6 Å². The van der Waals surface area contributed by atoms with Crippen molar-refractivity contribution in [2.45, 2.75) is 32.1 Å². The SMILES string of the molecule is COc1ccc(NCc2ccc(-c3nccnc3NS(=O)(=O)C(C)(C)C)cc2)cc1. The molecule has 0 saturated carbocycles. The summed E-state index contributed by atoms with van der Waals surface area (Å²) in [6, 6.07) is 15.5. The fourth-order valence-corrected chi connectivity index (χ4v) is 3.31. The first-order chi connectivity index (χ1) is 14.2. The zero-order valence-electron chi connectivity index (χ0n) is 17.5. The molecule has 2 aromatic carbocycles. The molecule has 0 fully saturated rings. The smallest absolute Gasteiger partial charge is 0.238 e. The van der Waals surface area contributed by atoms with E-state index in [0.717, 1.165) is 22.6 Å². The van der Waals surface area contributed by atoms with E-state index >= 15 is 0 Å². The molecule has 1 heterocycles. The summed E-state index contributed by atoms with van der Waals surface area (Å²) in [5.41, 5.74) is 3.34. The van der Waals surface area contributed by atoms with E-state index in [1.807, 2.05) is 48.5 Å². The van der Waals surface area contributed by atoms with Gasteiger partial charge in [0.05, 0.1) is 11.9 Å². The van der Waals surface area contributed by atoms with E-state index in [-0.39, 0.29) is 5.82 Å². The van der Waals surface area contributed by atoms with Crippen LogP contribution in [-0.2, 0) is 16.6 Å². The van der Waals surface area contributed by atoms with Gasteiger partial charge in [0.2, 0.25) is 10.0 Å². The van der Waals surface area contributed by atoms with Crippen LogP contribution < -0.4 is 14.8 Å². The van der Waals surface area contributed by atoms with Gasteiger partial charge in [0.15, 0.2) is 5.82 Å². The van der Waals surface area contributed by atoms with E-state index in [9.17, 15) is 8.42 Å². The Hall–Kier alpha value is -3.13. The van der Waals surface area contributed by atoms with Gasteiger partial charge in [-0.2, -0.15) is 0 Å². The Bertz CT molecular complexity index is 1090. The van der Waals surface area contributed by atoms with Crippen LogP contribution in [0, 0.1) is 0 Å². The number of benzene rings is 2. The number of aromatic nitrogens is 2. The Morgan fingerprint density at radius 3 is 2.17 bits per heavy atom. The second kappa shape index (κ2) is 8.71. The monoisotopic (exact) mass is 426 g/mol. The lowest BCUT2D eigenvalue weighted by Gasteiger charge is -2.20. The number of methoxy groups -OCH3 is 1. The molecule has 0 unspecified atom stereocenters. The van der Waals surface area contributed by atoms with Gasteiger partial charge in [-0.15, -0.1) is 0 Å². The van der Waals surface area contributed by atoms with Gasteiger partial charge in [-0.25, -0.2) is 13.4 Å². The van der Waals surface area contributed by atoms with Gasteiger partial charge in [0.25, 0.3) is 0 Å². The van der Waals surface area contributed by atoms with E-state index in [4.69, 9.17) is 4.74 Å². The third-order valence-electron chi connectivity index (χ3n) is 4.55. The van der Waals surface area contributed by atoms with E-state index in [2.05, 4.69) is 20.0 Å². The molecule has 0 spiro atoms. The van der Waals surface area contributed by atoms with Crippen molar-refractivity contribution in [3.8, 4) is 17.0 Å². The Labute approximate surface area is 177 Å². The van der Waals surface area contributed by atoms with E-state index in [0.29, 0.717) is 12.2 Å². The van der Waals surface area contributed by atoms with Crippen LogP contribution in [0.5, 0.6) is 5.75 Å². The summed E-state index contributed by atoms with van der Waals surface area (Å²) in [6.07, 6.45) is 3.01. The van der Waals surface area contributed by atoms with Crippen molar-refractivity contribution in [1.29, 1.82) is 0 Å². The van der Waals surface area contributed by atoms with Gasteiger partial charge in [-0.3, -0.25) is 9.71 Å². The molecule has 0 atom stereocenters. The van der Waals surface area contributed by atoms with E-state index in [1.165, 1.54) is 6.20 Å². The van der Waals surface area contributed by atoms with Gasteiger partial charge in [0, 0.05) is 30.2 Å². The van der Waals surface area contributed by atoms with Crippen LogP contribution in [0.4, 0.5) is 11.5 Å². The molecule has 30 heavy (non-hydrogen) atoms. The molecule has 3 rings (SSSR count). The van der Waals surface area contributed by atoms with Crippen LogP contribution in [0.25, 0.3) is 11.3 Å². The molecule has 8 heteroatoms. The summed E-state index contributed by atoms with van der Waals surface area (Å²) in [6.45, 7) is 5.55. The second-order valence-corrected chi connectivity index (χ2v) is 10.2. The van der Waals surface area contributed by atoms with Crippen molar-refractivity contribution in [3.63, 3.8) is 0 Å². The third kappa shape index (κ3) is 5.07. The molecule has 0 amide bonds. The molecule has 1 aromatic heterocycles. The van der Waals surface area contributed by atoms with E-state index in [1.54, 1.807) is 34.1 Å². The highest BCUT2D eigenvalue weighted by Gasteiger charge is 2.30. The van der Waals surface area contributed by atoms with Crippen LogP contribution in [0.3, 0.4) is 0 Å². The zero-order valence-corrected chi connectivity index (χ0v) is 18.3. The summed E-state index contributed by atoms with van der Waals surface area (Å²) in [5, 5.41) is 3.36. The lowest BCUT2D eigenvalue weighted by atomic mass is 10.1. The maximum absolute atomic E-state index is 12.5. The highest BCUT2D eigenvalue weighted by atomic mass is 32.2. The lowest BCUT2D eigenvalue weighted by molar-refractivity contribution is 0.415. The highest BCUT2D eigenvalue weighted by Crippen LogP contribution is 2.27. The van der Waals surface area contributed by atoms with Crippen LogP contribution in [0.2, 0.25) is 0 Å². The minimum Gasteiger partial charge on any atom is -0.497 e. The van der Waals surface area contributed by atoms with Crippen molar-refractivity contribution < 1.29 is 13.2 Å². The third-order valence-corrected chi connectivity index (χ3v) is 6.62. The summed E-state index contributed by atoms with van der Waals surface area (Å²) in [7, 11) is -1.97. The molecule has 0 aliphatic rings. The molecule has 0 radical (unpaired) electrons. The number of hydrogen-bond donors (Lipinski definition) is 2. The Morgan fingerprint density at radius 1 is 0.933 bits per heavy atom. The molecule has 3 aromatic rings. The van der Waals surface area contributed by atoms with Gasteiger partial charge in [-0.1, -0.05) is 24.3 Å². The average Bonchev–Trinajstić information content (AvgIpc) is 2.72. The topological polar surface area (TPSA) is 93.2 Å². The van der Waals surface area contributed by atoms with Crippen molar-refractivity contribution in [2.75, 3.05) is 17.1 Å². The molecule has 0 aliphatic carbocycles. The molecule has 158 valence electrons. The first-order valence-corrected chi connectivity index (χ1v) is 11.0. The normalized spacial score (nSPS) is 11.7. The largest absolute Gasteiger partial charge is 0.497 e. The summed E-state index contributed by atoms with van der Waals surface area (Å²) < 4.78 is 31.8. The number of sulfonamides is 1. The Kier molecular flexibility index (Phi) is 6.26. The number of hydrogen-bond acceptors (Lipinski definition) is 6. The molecular formula is C22H26N4O3S. The van der Waals surface area contributed by atoms with Gasteiger partial charge >= 0.3 is 0 Å². The number of rotatable bonds is 7. The average molecular weight is 427 g/mol. The molecule has 0 saturated heterocycles. The molecule has 0 aliphatic heterocycles. The fourth-order valence-electron chi connectivity index (χ4n) is 2.60. The quantitative estimate of drug-likeness (QED) is 0.585. The van der Waals surface area contributed by atoms with Crippen LogP contribution in [0.15, 0.2) is 60.9 Å². The lowest BCUT2D eigenvalue weighted by Crippen LogP contribution is -2.34. The maximum Gasteiger partial charge on any atom is 0.238 e. The standard InChI is InChI=1S/C22H26N4O3S/c1-22(2,3)30(27,28)26-21-20(23-13-14-24-21)17-7-5-16(6-8-17)15-25-18-9-11-19(29-4)12-10-18/h5-14,25H,15H2,1-4H3,(H,24,26). The molecule has 7 nitrogen and oxygen atoms in total. The number of nitrogens with zero attached hydrogens (tertiary/aromatic N) is 2. The summed E-state index contributed by atoms with van der Waals surface area (Å²) >= 11 is 0. The fraction of sp³-hybridized carbons (Fsp3) is 0.273. The van der Waals surface area contributed by atoms with Gasteiger partial charge < -0.3 is 10.1 Å². The number of anilines is 2. The van der Waals surface area contributed by atoms with Crippen molar-refractivity contribution in [2.24, 2.45) is 0 Å². The minimum absolute atomic E-state index is 0.219. The Morgan fingerprint density at radius 2 is 1.57 bits per heavy atom.